The van der Waals surface area contributed by atoms with Crippen molar-refractivity contribution in [2.45, 2.75) is 12.6 Å². The largest absolute Gasteiger partial charge is 0.474 e. The van der Waals surface area contributed by atoms with Crippen molar-refractivity contribution >= 4 is 28.3 Å². The summed E-state index contributed by atoms with van der Waals surface area (Å²) in [5, 5.41) is 6.80. The predicted molar refractivity (Wildman–Crippen MR) is 121 cm³/mol. The van der Waals surface area contributed by atoms with Crippen LogP contribution in [-0.4, -0.2) is 74.7 Å². The number of pyridine rings is 2. The number of carbonyl (C=O) groups is 1. The van der Waals surface area contributed by atoms with E-state index < -0.39 is 0 Å². The second-order valence-corrected chi connectivity index (χ2v) is 8.29. The number of aromatic nitrogens is 5. The summed E-state index contributed by atoms with van der Waals surface area (Å²) in [6.07, 6.45) is 3.43. The van der Waals surface area contributed by atoms with Gasteiger partial charge in [-0.2, -0.15) is 5.10 Å². The van der Waals surface area contributed by atoms with E-state index in [4.69, 9.17) is 4.74 Å². The van der Waals surface area contributed by atoms with Crippen LogP contribution in [0.1, 0.15) is 16.1 Å². The molecule has 0 aromatic carbocycles. The molecule has 2 aliphatic rings. The molecule has 0 bridgehead atoms. The lowest BCUT2D eigenvalue weighted by Crippen LogP contribution is -2.57. The van der Waals surface area contributed by atoms with Crippen LogP contribution in [0.4, 0.5) is 5.69 Å². The smallest absolute Gasteiger partial charge is 0.274 e. The van der Waals surface area contributed by atoms with Gasteiger partial charge in [0, 0.05) is 39.4 Å². The van der Waals surface area contributed by atoms with Crippen LogP contribution in [0.5, 0.6) is 5.88 Å². The number of piperazine rings is 1. The molecule has 2 N–H and O–H groups in total. The van der Waals surface area contributed by atoms with Gasteiger partial charge in [-0.15, -0.1) is 0 Å². The number of nitrogens with zero attached hydrogens (tertiary/aromatic N) is 6. The molecule has 6 heterocycles. The molecule has 1 amide bonds. The van der Waals surface area contributed by atoms with E-state index in [1.54, 1.807) is 29.9 Å². The molecule has 0 spiro atoms. The van der Waals surface area contributed by atoms with Gasteiger partial charge in [-0.05, 0) is 29.8 Å². The van der Waals surface area contributed by atoms with Crippen molar-refractivity contribution in [3.8, 4) is 5.88 Å². The molecular formula is C22H22N8O3. The van der Waals surface area contributed by atoms with Crippen LogP contribution in [-0.2, 0) is 6.54 Å². The fourth-order valence-electron chi connectivity index (χ4n) is 4.65. The normalized spacial score (nSPS) is 18.1. The molecule has 4 aromatic rings. The lowest BCUT2D eigenvalue weighted by Gasteiger charge is -2.45. The first kappa shape index (κ1) is 19.7. The molecule has 6 rings (SSSR count). The number of nitrogens with one attached hydrogen (secondary N) is 2. The molecule has 11 nitrogen and oxygen atoms in total. The van der Waals surface area contributed by atoms with Gasteiger partial charge in [-0.1, -0.05) is 0 Å². The minimum absolute atomic E-state index is 0.182. The number of hydrogen-bond donors (Lipinski definition) is 2. The Kier molecular flexibility index (Phi) is 4.50. The molecule has 0 aliphatic carbocycles. The van der Waals surface area contributed by atoms with Crippen LogP contribution in [0.3, 0.4) is 0 Å². The fraction of sp³-hybridized carbons (Fsp3) is 0.318. The number of rotatable bonds is 3. The SMILES string of the molecule is CNC(=O)c1ccc2c(n1)OC[C@H]1CN(Cc3cnc4c(c3)[nH]c(=O)c3ccnn34)CCN21. The molecule has 1 fully saturated rings. The van der Waals surface area contributed by atoms with E-state index in [-0.39, 0.29) is 17.5 Å². The molecule has 11 heteroatoms. The van der Waals surface area contributed by atoms with Crippen molar-refractivity contribution < 1.29 is 9.53 Å². The summed E-state index contributed by atoms with van der Waals surface area (Å²) in [5.74, 6) is 0.278. The number of fused-ring (bicyclic) bond motifs is 6. The summed E-state index contributed by atoms with van der Waals surface area (Å²) in [5.41, 5.74) is 3.89. The molecule has 168 valence electrons. The van der Waals surface area contributed by atoms with Crippen LogP contribution in [0.15, 0.2) is 41.5 Å². The Hall–Kier alpha value is -3.99. The van der Waals surface area contributed by atoms with Gasteiger partial charge in [-0.3, -0.25) is 14.5 Å². The molecule has 0 unspecified atom stereocenters. The molecule has 4 aromatic heterocycles. The van der Waals surface area contributed by atoms with Crippen LogP contribution in [0.2, 0.25) is 0 Å². The highest BCUT2D eigenvalue weighted by atomic mass is 16.5. The lowest BCUT2D eigenvalue weighted by atomic mass is 10.1. The fourth-order valence-corrected chi connectivity index (χ4v) is 4.65. The van der Waals surface area contributed by atoms with E-state index >= 15 is 0 Å². The highest BCUT2D eigenvalue weighted by molar-refractivity contribution is 5.92. The summed E-state index contributed by atoms with van der Waals surface area (Å²) in [4.78, 5) is 40.7. The first-order valence-electron chi connectivity index (χ1n) is 10.8. The van der Waals surface area contributed by atoms with Crippen molar-refractivity contribution in [3.63, 3.8) is 0 Å². The van der Waals surface area contributed by atoms with Gasteiger partial charge in [0.1, 0.15) is 23.5 Å². The first-order chi connectivity index (χ1) is 16.1. The van der Waals surface area contributed by atoms with Crippen molar-refractivity contribution in [2.75, 3.05) is 38.2 Å². The lowest BCUT2D eigenvalue weighted by molar-refractivity contribution is 0.0956. The van der Waals surface area contributed by atoms with Crippen molar-refractivity contribution in [2.24, 2.45) is 0 Å². The Bertz CT molecular complexity index is 1440. The number of ether oxygens (including phenoxy) is 1. The van der Waals surface area contributed by atoms with E-state index in [0.29, 0.717) is 41.4 Å². The van der Waals surface area contributed by atoms with Gasteiger partial charge < -0.3 is 19.9 Å². The Balaban J connectivity index is 1.20. The zero-order valence-electron chi connectivity index (χ0n) is 18.0. The van der Waals surface area contributed by atoms with Crippen molar-refractivity contribution in [1.82, 2.24) is 34.8 Å². The van der Waals surface area contributed by atoms with Crippen molar-refractivity contribution in [3.05, 3.63) is 58.3 Å². The second-order valence-electron chi connectivity index (χ2n) is 8.29. The standard InChI is InChI=1S/C22H22N8O3/c1-23-20(31)15-2-3-18-22(27-15)33-12-14-11-28(6-7-29(14)18)10-13-8-16-19(24-9-13)30-17(4-5-25-30)21(32)26-16/h2-5,8-9,14H,6-7,10-12H2,1H3,(H,23,31)(H,26,32)/t14-/m1/s1. The van der Waals surface area contributed by atoms with E-state index in [1.165, 1.54) is 0 Å². The van der Waals surface area contributed by atoms with Crippen molar-refractivity contribution in [1.29, 1.82) is 0 Å². The minimum Gasteiger partial charge on any atom is -0.474 e. The number of hydrogen-bond acceptors (Lipinski definition) is 8. The van der Waals surface area contributed by atoms with E-state index in [2.05, 4.69) is 35.2 Å². The topological polar surface area (TPSA) is 121 Å². The molecular weight excluding hydrogens is 424 g/mol. The Morgan fingerprint density at radius 3 is 3.09 bits per heavy atom. The minimum atomic E-state index is -0.230. The van der Waals surface area contributed by atoms with Gasteiger partial charge in [0.15, 0.2) is 5.65 Å². The van der Waals surface area contributed by atoms with Gasteiger partial charge in [0.2, 0.25) is 5.88 Å². The maximum atomic E-state index is 12.3. The monoisotopic (exact) mass is 446 g/mol. The molecule has 2 aliphatic heterocycles. The van der Waals surface area contributed by atoms with Gasteiger partial charge >= 0.3 is 0 Å². The molecule has 33 heavy (non-hydrogen) atoms. The zero-order chi connectivity index (χ0) is 22.5. The number of amides is 1. The van der Waals surface area contributed by atoms with Crippen LogP contribution < -0.4 is 20.5 Å². The average molecular weight is 446 g/mol. The van der Waals surface area contributed by atoms with E-state index in [0.717, 1.165) is 30.9 Å². The number of H-pyrrole nitrogens is 1. The number of anilines is 1. The van der Waals surface area contributed by atoms with Crippen LogP contribution >= 0.6 is 0 Å². The quantitative estimate of drug-likeness (QED) is 0.464. The third-order valence-electron chi connectivity index (χ3n) is 6.24. The zero-order valence-corrected chi connectivity index (χ0v) is 18.0. The van der Waals surface area contributed by atoms with Gasteiger partial charge in [0.05, 0.1) is 17.8 Å². The predicted octanol–water partition coefficient (Wildman–Crippen LogP) is 0.409. The average Bonchev–Trinajstić information content (AvgIpc) is 3.34. The third-order valence-corrected chi connectivity index (χ3v) is 6.24. The molecule has 1 atom stereocenters. The third kappa shape index (κ3) is 3.28. The Morgan fingerprint density at radius 1 is 1.30 bits per heavy atom. The highest BCUT2D eigenvalue weighted by Crippen LogP contribution is 2.34. The summed E-state index contributed by atoms with van der Waals surface area (Å²) < 4.78 is 7.48. The first-order valence-corrected chi connectivity index (χ1v) is 10.8. The summed E-state index contributed by atoms with van der Waals surface area (Å²) in [6.45, 7) is 3.73. The Labute approximate surface area is 188 Å². The maximum Gasteiger partial charge on any atom is 0.274 e. The number of aromatic amines is 1. The van der Waals surface area contributed by atoms with Crippen LogP contribution in [0.25, 0.3) is 16.7 Å². The Morgan fingerprint density at radius 2 is 2.21 bits per heavy atom. The number of carbonyl (C=O) groups excluding carboxylic acids is 1. The van der Waals surface area contributed by atoms with E-state index in [1.807, 2.05) is 18.3 Å². The highest BCUT2D eigenvalue weighted by Gasteiger charge is 2.34. The summed E-state index contributed by atoms with van der Waals surface area (Å²) in [6, 6.07) is 7.47. The second kappa shape index (κ2) is 7.55. The molecule has 0 radical (unpaired) electrons. The van der Waals surface area contributed by atoms with Gasteiger partial charge in [-0.25, -0.2) is 14.5 Å². The molecule has 0 saturated carbocycles. The summed E-state index contributed by atoms with van der Waals surface area (Å²) >= 11 is 0. The van der Waals surface area contributed by atoms with E-state index in [9.17, 15) is 9.59 Å². The summed E-state index contributed by atoms with van der Waals surface area (Å²) in [7, 11) is 1.58. The molecule has 1 saturated heterocycles. The maximum absolute atomic E-state index is 12.3. The van der Waals surface area contributed by atoms with Crippen LogP contribution in [0, 0.1) is 0 Å². The van der Waals surface area contributed by atoms with Gasteiger partial charge in [0.25, 0.3) is 11.5 Å².